The summed E-state index contributed by atoms with van der Waals surface area (Å²) in [5.41, 5.74) is 3.81. The Hall–Kier alpha value is -2.96. The maximum Gasteiger partial charge on any atom is 0.162 e. The van der Waals surface area contributed by atoms with Crippen LogP contribution in [0, 0.1) is 0 Å². The van der Waals surface area contributed by atoms with Crippen LogP contribution in [0.15, 0.2) is 77.3 Å². The largest absolute Gasteiger partial charge is 0.504 e. The summed E-state index contributed by atoms with van der Waals surface area (Å²) < 4.78 is 12.0. The molecule has 160 valence electrons. The highest BCUT2D eigenvalue weighted by atomic mass is 79.9. The van der Waals surface area contributed by atoms with E-state index in [0.717, 1.165) is 32.6 Å². The van der Waals surface area contributed by atoms with Crippen LogP contribution in [0.4, 0.5) is 0 Å². The molecule has 4 rings (SSSR count). The molecule has 2 atom stereocenters. The van der Waals surface area contributed by atoms with E-state index in [1.54, 1.807) is 13.2 Å². The van der Waals surface area contributed by atoms with E-state index in [0.29, 0.717) is 12.4 Å². The maximum absolute atomic E-state index is 10.9. The number of hydrogen-bond acceptors (Lipinski definition) is 5. The van der Waals surface area contributed by atoms with E-state index in [1.807, 2.05) is 55.5 Å². The number of phenols is 1. The standard InChI is InChI=1S/C25H25BrN2O3/c1-3-31-23-9-5-8-20(24(23)29)22-15-21(17-6-4-7-19(14-17)30-2)27-25(28-22)16-10-12-18(26)13-11-16/h4-15,22,25,27-29H,3H2,1-2H3. The SMILES string of the molecule is CCOc1cccc(C2C=C(c3cccc(OC)c3)NC(c3ccc(Br)cc3)N2)c1O. The normalized spacial score (nSPS) is 18.1. The van der Waals surface area contributed by atoms with Gasteiger partial charge in [-0.15, -0.1) is 0 Å². The van der Waals surface area contributed by atoms with E-state index in [4.69, 9.17) is 9.47 Å². The number of para-hydroxylation sites is 1. The van der Waals surface area contributed by atoms with Gasteiger partial charge in [-0.25, -0.2) is 0 Å². The summed E-state index contributed by atoms with van der Waals surface area (Å²) in [4.78, 5) is 0. The quantitative estimate of drug-likeness (QED) is 0.432. The van der Waals surface area contributed by atoms with Gasteiger partial charge in [0, 0.05) is 21.3 Å². The summed E-state index contributed by atoms with van der Waals surface area (Å²) in [6.45, 7) is 2.39. The summed E-state index contributed by atoms with van der Waals surface area (Å²) in [6.07, 6.45) is 1.92. The van der Waals surface area contributed by atoms with Crippen molar-refractivity contribution in [2.45, 2.75) is 19.1 Å². The zero-order valence-corrected chi connectivity index (χ0v) is 19.0. The number of ether oxygens (including phenoxy) is 2. The van der Waals surface area contributed by atoms with Gasteiger partial charge in [0.2, 0.25) is 0 Å². The molecule has 3 aromatic carbocycles. The molecule has 1 aliphatic heterocycles. The lowest BCUT2D eigenvalue weighted by Crippen LogP contribution is -2.39. The van der Waals surface area contributed by atoms with Crippen LogP contribution < -0.4 is 20.1 Å². The monoisotopic (exact) mass is 480 g/mol. The van der Waals surface area contributed by atoms with Crippen LogP contribution in [0.1, 0.15) is 35.8 Å². The van der Waals surface area contributed by atoms with Crippen molar-refractivity contribution in [3.8, 4) is 17.2 Å². The van der Waals surface area contributed by atoms with Gasteiger partial charge in [0.1, 0.15) is 11.9 Å². The molecule has 0 saturated carbocycles. The van der Waals surface area contributed by atoms with E-state index in [-0.39, 0.29) is 18.0 Å². The van der Waals surface area contributed by atoms with E-state index in [2.05, 4.69) is 44.8 Å². The molecule has 0 fully saturated rings. The summed E-state index contributed by atoms with van der Waals surface area (Å²) in [6, 6.07) is 21.5. The molecular formula is C25H25BrN2O3. The molecular weight excluding hydrogens is 456 g/mol. The summed E-state index contributed by atoms with van der Waals surface area (Å²) in [7, 11) is 1.66. The minimum atomic E-state index is -0.225. The van der Waals surface area contributed by atoms with E-state index in [1.165, 1.54) is 0 Å². The van der Waals surface area contributed by atoms with Gasteiger partial charge in [0.15, 0.2) is 11.5 Å². The second-order valence-electron chi connectivity index (χ2n) is 7.21. The lowest BCUT2D eigenvalue weighted by Gasteiger charge is -2.33. The Morgan fingerprint density at radius 3 is 2.55 bits per heavy atom. The molecule has 3 N–H and O–H groups in total. The first-order chi connectivity index (χ1) is 15.1. The van der Waals surface area contributed by atoms with E-state index >= 15 is 0 Å². The van der Waals surface area contributed by atoms with Crippen molar-refractivity contribution in [1.82, 2.24) is 10.6 Å². The van der Waals surface area contributed by atoms with Crippen LogP contribution in [-0.4, -0.2) is 18.8 Å². The van der Waals surface area contributed by atoms with Crippen molar-refractivity contribution in [3.05, 3.63) is 94.0 Å². The van der Waals surface area contributed by atoms with Crippen LogP contribution in [0.3, 0.4) is 0 Å². The number of methoxy groups -OCH3 is 1. The number of phenolic OH excluding ortho intramolecular Hbond substituents is 1. The Labute approximate surface area is 190 Å². The molecule has 3 aromatic rings. The molecule has 2 unspecified atom stereocenters. The molecule has 0 amide bonds. The summed E-state index contributed by atoms with van der Waals surface area (Å²) in [5, 5.41) is 18.0. The van der Waals surface area contributed by atoms with Gasteiger partial charge >= 0.3 is 0 Å². The Bertz CT molecular complexity index is 1080. The van der Waals surface area contributed by atoms with Crippen molar-refractivity contribution in [2.24, 2.45) is 0 Å². The smallest absolute Gasteiger partial charge is 0.162 e. The molecule has 1 aliphatic rings. The van der Waals surface area contributed by atoms with Crippen molar-refractivity contribution in [1.29, 1.82) is 0 Å². The Morgan fingerprint density at radius 1 is 1.03 bits per heavy atom. The van der Waals surface area contributed by atoms with Gasteiger partial charge in [-0.05, 0) is 48.9 Å². The van der Waals surface area contributed by atoms with Crippen LogP contribution in [0.5, 0.6) is 17.2 Å². The van der Waals surface area contributed by atoms with Crippen molar-refractivity contribution >= 4 is 21.6 Å². The third-order valence-corrected chi connectivity index (χ3v) is 5.76. The van der Waals surface area contributed by atoms with Crippen LogP contribution in [0.25, 0.3) is 5.70 Å². The zero-order valence-electron chi connectivity index (χ0n) is 17.4. The predicted molar refractivity (Wildman–Crippen MR) is 126 cm³/mol. The molecule has 6 heteroatoms. The number of aromatic hydroxyl groups is 1. The number of nitrogens with one attached hydrogen (secondary N) is 2. The Kier molecular flexibility index (Phi) is 6.49. The predicted octanol–water partition coefficient (Wildman–Crippen LogP) is 5.54. The minimum absolute atomic E-state index is 0.152. The summed E-state index contributed by atoms with van der Waals surface area (Å²) >= 11 is 3.50. The Morgan fingerprint density at radius 2 is 1.81 bits per heavy atom. The van der Waals surface area contributed by atoms with Gasteiger partial charge in [-0.2, -0.15) is 0 Å². The average Bonchev–Trinajstić information content (AvgIpc) is 2.81. The fourth-order valence-corrected chi connectivity index (χ4v) is 3.95. The van der Waals surface area contributed by atoms with Crippen molar-refractivity contribution in [3.63, 3.8) is 0 Å². The highest BCUT2D eigenvalue weighted by Crippen LogP contribution is 2.38. The highest BCUT2D eigenvalue weighted by molar-refractivity contribution is 9.10. The van der Waals surface area contributed by atoms with Crippen LogP contribution >= 0.6 is 15.9 Å². The molecule has 31 heavy (non-hydrogen) atoms. The highest BCUT2D eigenvalue weighted by Gasteiger charge is 2.26. The molecule has 0 radical (unpaired) electrons. The number of hydrogen-bond donors (Lipinski definition) is 3. The first-order valence-corrected chi connectivity index (χ1v) is 11.0. The van der Waals surface area contributed by atoms with E-state index in [9.17, 15) is 5.11 Å². The topological polar surface area (TPSA) is 62.8 Å². The third-order valence-electron chi connectivity index (χ3n) is 5.23. The summed E-state index contributed by atoms with van der Waals surface area (Å²) in [5.74, 6) is 1.42. The van der Waals surface area contributed by atoms with Crippen LogP contribution in [0.2, 0.25) is 0 Å². The number of halogens is 1. The maximum atomic E-state index is 10.9. The van der Waals surface area contributed by atoms with Gasteiger partial charge in [-0.3, -0.25) is 5.32 Å². The second-order valence-corrected chi connectivity index (χ2v) is 8.13. The fraction of sp³-hybridized carbons (Fsp3) is 0.200. The van der Waals surface area contributed by atoms with Crippen LogP contribution in [-0.2, 0) is 0 Å². The first-order valence-electron chi connectivity index (χ1n) is 10.2. The molecule has 0 spiro atoms. The van der Waals surface area contributed by atoms with Gasteiger partial charge in [0.05, 0.1) is 19.8 Å². The van der Waals surface area contributed by atoms with E-state index < -0.39 is 0 Å². The molecule has 0 saturated heterocycles. The second kappa shape index (κ2) is 9.45. The third kappa shape index (κ3) is 4.70. The minimum Gasteiger partial charge on any atom is -0.504 e. The lowest BCUT2D eigenvalue weighted by molar-refractivity contribution is 0.314. The number of rotatable bonds is 6. The lowest BCUT2D eigenvalue weighted by atomic mass is 9.97. The number of benzene rings is 3. The Balaban J connectivity index is 1.77. The molecule has 1 heterocycles. The van der Waals surface area contributed by atoms with Gasteiger partial charge < -0.3 is 19.9 Å². The van der Waals surface area contributed by atoms with Crippen molar-refractivity contribution in [2.75, 3.05) is 13.7 Å². The first kappa shape index (κ1) is 21.3. The fourth-order valence-electron chi connectivity index (χ4n) is 3.69. The molecule has 0 aromatic heterocycles. The molecule has 0 aliphatic carbocycles. The molecule has 5 nitrogen and oxygen atoms in total. The molecule has 0 bridgehead atoms. The average molecular weight is 481 g/mol. The zero-order chi connectivity index (χ0) is 21.8. The van der Waals surface area contributed by atoms with Gasteiger partial charge in [0.25, 0.3) is 0 Å². The van der Waals surface area contributed by atoms with Gasteiger partial charge in [-0.1, -0.05) is 52.3 Å². The van der Waals surface area contributed by atoms with Crippen molar-refractivity contribution < 1.29 is 14.6 Å².